The van der Waals surface area contributed by atoms with E-state index in [0.717, 1.165) is 0 Å². The first-order valence-electron chi connectivity index (χ1n) is 0.289. The fraction of sp³-hybridized carbons (Fsp3) is 0. The van der Waals surface area contributed by atoms with Gasteiger partial charge < -0.3 is 5.89 Å². The van der Waals surface area contributed by atoms with Crippen molar-refractivity contribution in [2.45, 2.75) is 0 Å². The van der Waals surface area contributed by atoms with Gasteiger partial charge in [-0.25, -0.2) is 0 Å². The van der Waals surface area contributed by atoms with E-state index in [4.69, 9.17) is 4.46 Å². The predicted molar refractivity (Wildman–Crippen MR) is 10.3 cm³/mol. The van der Waals surface area contributed by atoms with Crippen molar-refractivity contribution in [2.24, 2.45) is 0 Å². The molecule has 1 radical (unpaired) electrons. The van der Waals surface area contributed by atoms with Gasteiger partial charge in [-0.15, -0.1) is 0 Å². The van der Waals surface area contributed by atoms with Crippen molar-refractivity contribution in [3.8, 4) is 0 Å². The zero-order chi connectivity index (χ0) is 2.00. The van der Waals surface area contributed by atoms with Crippen molar-refractivity contribution in [3.63, 3.8) is 0 Å². The van der Waals surface area contributed by atoms with E-state index in [1.165, 1.54) is 0 Å². The minimum atomic E-state index is 0. The smallest absolute Gasteiger partial charge is 1.00 e. The maximum absolute atomic E-state index is 8.28. The molecule has 0 aliphatic carbocycles. The van der Waals surface area contributed by atoms with Gasteiger partial charge in [0.25, 0.3) is 0 Å². The maximum atomic E-state index is 8.28. The van der Waals surface area contributed by atoms with E-state index >= 15 is 0 Å². The average Bonchev–Trinajstić information content (AvgIpc) is 1.00. The summed E-state index contributed by atoms with van der Waals surface area (Å²) < 4.78 is 8.28. The van der Waals surface area contributed by atoms with Crippen LogP contribution in [0.2, 0.25) is 0 Å². The Hall–Kier alpha value is 1.13. The molecule has 0 rings (SSSR count). The van der Waals surface area contributed by atoms with Crippen molar-refractivity contribution in [1.82, 2.24) is 0 Å². The molecule has 0 bridgehead atoms. The number of hydrogen-bond acceptors (Lipinski definition) is 1. The molecule has 0 fully saturated rings. The molecular weight excluding hydrogens is 106 g/mol. The average molecular weight is 109 g/mol. The molecule has 0 aromatic rings. The van der Waals surface area contributed by atoms with Crippen LogP contribution in [0.5, 0.6) is 0 Å². The second kappa shape index (κ2) is 31.6. The van der Waals surface area contributed by atoms with Crippen LogP contribution < -0.4 is 18.9 Å². The molecule has 0 N–H and O–H groups in total. The summed E-state index contributed by atoms with van der Waals surface area (Å²) in [5, 5.41) is 0. The van der Waals surface area contributed by atoms with Crippen molar-refractivity contribution < 1.29 is 41.8 Å². The first-order chi connectivity index (χ1) is 1.00. The van der Waals surface area contributed by atoms with Crippen molar-refractivity contribution in [1.29, 1.82) is 0 Å². The monoisotopic (exact) mass is 109 g/mol. The molecule has 0 heterocycles. The van der Waals surface area contributed by atoms with Crippen molar-refractivity contribution in [3.05, 3.63) is 0 Å². The summed E-state index contributed by atoms with van der Waals surface area (Å²) in [5.41, 5.74) is 0. The van der Waals surface area contributed by atoms with Gasteiger partial charge in [-0.1, -0.05) is 0 Å². The molecule has 0 unspecified atom stereocenters. The molecule has 1 nitrogen and oxygen atoms in total. The second-order valence-electron chi connectivity index (χ2n) is 0. The van der Waals surface area contributed by atoms with Gasteiger partial charge in [-0.2, -0.15) is 0 Å². The van der Waals surface area contributed by atoms with Crippen LogP contribution in [-0.4, -0.2) is 10.1 Å². The fourth-order valence-electron chi connectivity index (χ4n) is 0. The molecule has 0 spiro atoms. The third kappa shape index (κ3) is 11.1. The Morgan fingerprint density at radius 3 is 1.50 bits per heavy atom. The molecule has 21 valence electrons. The van der Waals surface area contributed by atoms with Gasteiger partial charge in [0.05, 0.1) is 0 Å². The third-order valence-electron chi connectivity index (χ3n) is 0. The van der Waals surface area contributed by atoms with Crippen LogP contribution in [0.3, 0.4) is 0 Å². The zero-order valence-corrected chi connectivity index (χ0v) is 5.09. The van der Waals surface area contributed by atoms with E-state index in [1.807, 2.05) is 0 Å². The third-order valence-corrected chi connectivity index (χ3v) is 0. The minimum Gasteiger partial charge on any atom is -1.00 e. The van der Waals surface area contributed by atoms with Gasteiger partial charge in [-0.3, -0.25) is 0 Å². The van der Waals surface area contributed by atoms with Crippen LogP contribution in [0.15, 0.2) is 0 Å². The molecular formula is H3LiMnOSi. The Balaban J connectivity index is -0.00000000167. The van der Waals surface area contributed by atoms with E-state index in [0.29, 0.717) is 10.1 Å². The topological polar surface area (TPSA) is 17.1 Å². The summed E-state index contributed by atoms with van der Waals surface area (Å²) in [7, 11) is 0.611. The largest absolute Gasteiger partial charge is 1.00 e. The summed E-state index contributed by atoms with van der Waals surface area (Å²) in [6.07, 6.45) is 0. The Morgan fingerprint density at radius 1 is 1.50 bits per heavy atom. The molecule has 4 heteroatoms. The van der Waals surface area contributed by atoms with Gasteiger partial charge in [0.15, 0.2) is 0 Å². The first-order valence-corrected chi connectivity index (χ1v) is 0.866. The number of hydrogen-bond donors (Lipinski definition) is 0. The first kappa shape index (κ1) is 19.3. The second-order valence-corrected chi connectivity index (χ2v) is 0. The van der Waals surface area contributed by atoms with Gasteiger partial charge in [0, 0.05) is 17.1 Å². The minimum absolute atomic E-state index is 0. The van der Waals surface area contributed by atoms with Crippen LogP contribution in [-0.2, 0) is 21.5 Å². The van der Waals surface area contributed by atoms with Crippen LogP contribution in [0, 0.1) is 0 Å². The molecule has 0 aromatic heterocycles. The molecule has 4 heavy (non-hydrogen) atoms. The Morgan fingerprint density at radius 2 is 1.50 bits per heavy atom. The zero-order valence-electron chi connectivity index (χ0n) is 3.49. The van der Waals surface area contributed by atoms with E-state index in [2.05, 4.69) is 0 Å². The summed E-state index contributed by atoms with van der Waals surface area (Å²) in [4.78, 5) is 0. The van der Waals surface area contributed by atoms with Crippen LogP contribution >= 0.6 is 0 Å². The van der Waals surface area contributed by atoms with E-state index in [1.54, 1.807) is 0 Å². The quantitative estimate of drug-likeness (QED) is 0.290. The molecule has 0 saturated carbocycles. The summed E-state index contributed by atoms with van der Waals surface area (Å²) in [5.74, 6) is 0. The Kier molecular flexibility index (Phi) is 152. The molecule has 0 aliphatic heterocycles. The van der Waals surface area contributed by atoms with E-state index in [9.17, 15) is 0 Å². The molecule has 0 atom stereocenters. The van der Waals surface area contributed by atoms with Crippen molar-refractivity contribution in [2.75, 3.05) is 0 Å². The van der Waals surface area contributed by atoms with Crippen LogP contribution in [0.1, 0.15) is 1.43 Å². The molecule has 0 aliphatic rings. The predicted octanol–water partition coefficient (Wildman–Crippen LogP) is -3.92. The fourth-order valence-corrected chi connectivity index (χ4v) is 0. The SMILES string of the molecule is O=[SiH2].[H-].[Li+].[Mn]. The van der Waals surface area contributed by atoms with E-state index in [-0.39, 0.29) is 37.4 Å². The van der Waals surface area contributed by atoms with Gasteiger partial charge in [0.2, 0.25) is 10.1 Å². The Bertz CT molecular complexity index is 11.6. The van der Waals surface area contributed by atoms with E-state index < -0.39 is 0 Å². The van der Waals surface area contributed by atoms with Crippen LogP contribution in [0.25, 0.3) is 0 Å². The molecule has 0 amide bonds. The Labute approximate surface area is 52.2 Å². The van der Waals surface area contributed by atoms with Gasteiger partial charge in [0.1, 0.15) is 0 Å². The van der Waals surface area contributed by atoms with Gasteiger partial charge in [-0.05, 0) is 0 Å². The molecule has 0 aromatic carbocycles. The normalized spacial score (nSPS) is 1.00. The van der Waals surface area contributed by atoms with Gasteiger partial charge >= 0.3 is 18.9 Å². The van der Waals surface area contributed by atoms with Crippen LogP contribution in [0.4, 0.5) is 0 Å². The molecule has 0 saturated heterocycles. The maximum Gasteiger partial charge on any atom is 1.00 e. The van der Waals surface area contributed by atoms with Crippen molar-refractivity contribution >= 4 is 10.1 Å². The standard InChI is InChI=1S/Li.Mn.H2OSi.H/c;;1-2;/h;;2H2;/q+1;;;-1. The number of rotatable bonds is 0. The summed E-state index contributed by atoms with van der Waals surface area (Å²) in [6.45, 7) is 0. The summed E-state index contributed by atoms with van der Waals surface area (Å²) >= 11 is 0. The summed E-state index contributed by atoms with van der Waals surface area (Å²) in [6, 6.07) is 0.